The summed E-state index contributed by atoms with van der Waals surface area (Å²) < 4.78 is 16.2. The van der Waals surface area contributed by atoms with E-state index in [2.05, 4.69) is 31.8 Å². The molecular weight excluding hydrogens is 430 g/mol. The number of anilines is 1. The zero-order valence-corrected chi connectivity index (χ0v) is 17.0. The fraction of sp³-hybridized carbons (Fsp3) is 0.211. The Morgan fingerprint density at radius 1 is 1.21 bits per heavy atom. The molecule has 0 radical (unpaired) electrons. The lowest BCUT2D eigenvalue weighted by Crippen LogP contribution is -2.24. The normalized spacial score (nSPS) is 10.4. The fourth-order valence-electron chi connectivity index (χ4n) is 2.13. The molecule has 0 aliphatic carbocycles. The van der Waals surface area contributed by atoms with Gasteiger partial charge in [0, 0.05) is 5.69 Å². The van der Waals surface area contributed by atoms with Crippen molar-refractivity contribution < 1.29 is 23.8 Å². The van der Waals surface area contributed by atoms with E-state index in [4.69, 9.17) is 14.2 Å². The smallest absolute Gasteiger partial charge is 0.344 e. The second kappa shape index (κ2) is 10.9. The second-order valence-electron chi connectivity index (χ2n) is 5.32. The zero-order valence-electron chi connectivity index (χ0n) is 15.4. The summed E-state index contributed by atoms with van der Waals surface area (Å²) in [6.45, 7) is 1.76. The molecule has 0 aliphatic heterocycles. The number of ether oxygens (including phenoxy) is 3. The molecular formula is C19H20BrN3O5. The number of urea groups is 1. The van der Waals surface area contributed by atoms with Gasteiger partial charge in [0.05, 0.1) is 24.4 Å². The quantitative estimate of drug-likeness (QED) is 0.364. The standard InChI is InChI=1S/C19H20BrN3O5/c1-3-27-17(24)12-28-18-15(20)9-13(10-16(18)26-2)11-21-23-19(25)22-14-7-5-4-6-8-14/h4-11H,3,12H2,1-2H3,(H2,22,23,25). The van der Waals surface area contributed by atoms with E-state index < -0.39 is 12.0 Å². The highest BCUT2D eigenvalue weighted by molar-refractivity contribution is 9.10. The van der Waals surface area contributed by atoms with Gasteiger partial charge in [0.2, 0.25) is 0 Å². The summed E-state index contributed by atoms with van der Waals surface area (Å²) >= 11 is 3.37. The lowest BCUT2D eigenvalue weighted by molar-refractivity contribution is -0.145. The lowest BCUT2D eigenvalue weighted by Gasteiger charge is -2.13. The summed E-state index contributed by atoms with van der Waals surface area (Å²) in [5, 5.41) is 6.55. The molecule has 0 unspecified atom stereocenters. The van der Waals surface area contributed by atoms with Gasteiger partial charge in [-0.3, -0.25) is 0 Å². The average molecular weight is 450 g/mol. The van der Waals surface area contributed by atoms with Crippen LogP contribution in [0, 0.1) is 0 Å². The van der Waals surface area contributed by atoms with Crippen molar-refractivity contribution in [1.82, 2.24) is 5.43 Å². The third-order valence-electron chi connectivity index (χ3n) is 3.30. The number of methoxy groups -OCH3 is 1. The number of halogens is 1. The number of hydrazone groups is 1. The van der Waals surface area contributed by atoms with Crippen molar-refractivity contribution in [2.24, 2.45) is 5.10 Å². The van der Waals surface area contributed by atoms with Crippen molar-refractivity contribution in [3.8, 4) is 11.5 Å². The Morgan fingerprint density at radius 3 is 2.64 bits per heavy atom. The van der Waals surface area contributed by atoms with Gasteiger partial charge >= 0.3 is 12.0 Å². The highest BCUT2D eigenvalue weighted by atomic mass is 79.9. The number of carbonyl (C=O) groups is 2. The average Bonchev–Trinajstić information content (AvgIpc) is 2.67. The van der Waals surface area contributed by atoms with Gasteiger partial charge in [0.15, 0.2) is 18.1 Å². The second-order valence-corrected chi connectivity index (χ2v) is 6.17. The van der Waals surface area contributed by atoms with Crippen molar-refractivity contribution in [3.05, 3.63) is 52.5 Å². The Morgan fingerprint density at radius 2 is 1.96 bits per heavy atom. The molecule has 0 spiro atoms. The topological polar surface area (TPSA) is 98.3 Å². The third-order valence-corrected chi connectivity index (χ3v) is 3.89. The summed E-state index contributed by atoms with van der Waals surface area (Å²) in [6, 6.07) is 11.9. The minimum atomic E-state index is -0.476. The molecule has 2 aromatic carbocycles. The summed E-state index contributed by atoms with van der Waals surface area (Å²) in [4.78, 5) is 23.3. The molecule has 2 amide bonds. The first-order valence-electron chi connectivity index (χ1n) is 8.34. The van der Waals surface area contributed by atoms with Crippen molar-refractivity contribution in [1.29, 1.82) is 0 Å². The Hall–Kier alpha value is -3.07. The molecule has 0 aliphatic rings. The van der Waals surface area contributed by atoms with Gasteiger partial charge < -0.3 is 19.5 Å². The summed E-state index contributed by atoms with van der Waals surface area (Å²) in [7, 11) is 1.48. The zero-order chi connectivity index (χ0) is 20.4. The Labute approximate surface area is 171 Å². The van der Waals surface area contributed by atoms with Crippen LogP contribution in [0.15, 0.2) is 52.0 Å². The molecule has 2 N–H and O–H groups in total. The number of nitrogens with one attached hydrogen (secondary N) is 2. The maximum atomic E-state index is 11.8. The van der Waals surface area contributed by atoms with Gasteiger partial charge in [-0.25, -0.2) is 15.0 Å². The minimum Gasteiger partial charge on any atom is -0.493 e. The number of amides is 2. The lowest BCUT2D eigenvalue weighted by atomic mass is 10.2. The monoisotopic (exact) mass is 449 g/mol. The summed E-state index contributed by atoms with van der Waals surface area (Å²) in [5.74, 6) is 0.284. The van der Waals surface area contributed by atoms with Crippen molar-refractivity contribution in [2.75, 3.05) is 25.6 Å². The first-order chi connectivity index (χ1) is 13.5. The van der Waals surface area contributed by atoms with Gasteiger partial charge in [-0.15, -0.1) is 0 Å². The molecule has 2 rings (SSSR count). The van der Waals surface area contributed by atoms with Gasteiger partial charge in [-0.05, 0) is 52.7 Å². The van der Waals surface area contributed by atoms with Crippen LogP contribution in [-0.2, 0) is 9.53 Å². The van der Waals surface area contributed by atoms with E-state index >= 15 is 0 Å². The van der Waals surface area contributed by atoms with Crippen molar-refractivity contribution >= 4 is 39.8 Å². The molecule has 0 saturated heterocycles. The molecule has 148 valence electrons. The van der Waals surface area contributed by atoms with E-state index in [0.29, 0.717) is 27.2 Å². The van der Waals surface area contributed by atoms with E-state index in [1.165, 1.54) is 13.3 Å². The minimum absolute atomic E-state index is 0.239. The van der Waals surface area contributed by atoms with Crippen LogP contribution in [0.5, 0.6) is 11.5 Å². The van der Waals surface area contributed by atoms with Crippen LogP contribution in [0.1, 0.15) is 12.5 Å². The van der Waals surface area contributed by atoms with Crippen molar-refractivity contribution in [3.63, 3.8) is 0 Å². The maximum absolute atomic E-state index is 11.8. The summed E-state index contributed by atoms with van der Waals surface area (Å²) in [6.07, 6.45) is 1.45. The van der Waals surface area contributed by atoms with Crippen LogP contribution in [0.3, 0.4) is 0 Å². The molecule has 0 atom stereocenters. The van der Waals surface area contributed by atoms with Gasteiger partial charge in [0.1, 0.15) is 0 Å². The highest BCUT2D eigenvalue weighted by Crippen LogP contribution is 2.36. The molecule has 0 fully saturated rings. The van der Waals surface area contributed by atoms with E-state index in [0.717, 1.165) is 0 Å². The number of hydrogen-bond donors (Lipinski definition) is 2. The molecule has 0 heterocycles. The molecule has 0 bridgehead atoms. The van der Waals surface area contributed by atoms with E-state index in [1.807, 2.05) is 18.2 Å². The number of carbonyl (C=O) groups excluding carboxylic acids is 2. The van der Waals surface area contributed by atoms with Crippen molar-refractivity contribution in [2.45, 2.75) is 6.92 Å². The first-order valence-corrected chi connectivity index (χ1v) is 9.13. The molecule has 28 heavy (non-hydrogen) atoms. The Balaban J connectivity index is 1.99. The molecule has 2 aromatic rings. The van der Waals surface area contributed by atoms with Crippen LogP contribution in [0.2, 0.25) is 0 Å². The number of para-hydroxylation sites is 1. The number of nitrogens with zero attached hydrogens (tertiary/aromatic N) is 1. The Kier molecular flexibility index (Phi) is 8.29. The Bertz CT molecular complexity index is 843. The van der Waals surface area contributed by atoms with E-state index in [9.17, 15) is 9.59 Å². The number of rotatable bonds is 8. The van der Waals surface area contributed by atoms with E-state index in [1.54, 1.807) is 31.2 Å². The predicted molar refractivity (Wildman–Crippen MR) is 109 cm³/mol. The largest absolute Gasteiger partial charge is 0.493 e. The molecule has 9 heteroatoms. The van der Waals surface area contributed by atoms with E-state index in [-0.39, 0.29) is 13.2 Å². The third kappa shape index (κ3) is 6.58. The van der Waals surface area contributed by atoms with Crippen LogP contribution < -0.4 is 20.2 Å². The van der Waals surface area contributed by atoms with Crippen LogP contribution in [-0.4, -0.2) is 38.5 Å². The predicted octanol–water partition coefficient (Wildman–Crippen LogP) is 3.56. The fourth-order valence-corrected chi connectivity index (χ4v) is 2.71. The molecule has 0 aromatic heterocycles. The number of hydrogen-bond acceptors (Lipinski definition) is 6. The first kappa shape index (κ1) is 21.2. The number of esters is 1. The number of benzene rings is 2. The van der Waals surface area contributed by atoms with Crippen LogP contribution in [0.25, 0.3) is 0 Å². The highest BCUT2D eigenvalue weighted by Gasteiger charge is 2.13. The maximum Gasteiger partial charge on any atom is 0.344 e. The SMILES string of the molecule is CCOC(=O)COc1c(Br)cc(C=NNC(=O)Nc2ccccc2)cc1OC. The molecule has 8 nitrogen and oxygen atoms in total. The summed E-state index contributed by atoms with van der Waals surface area (Å²) in [5.41, 5.74) is 3.68. The van der Waals surface area contributed by atoms with Crippen LogP contribution >= 0.6 is 15.9 Å². The van der Waals surface area contributed by atoms with Gasteiger partial charge in [0.25, 0.3) is 0 Å². The van der Waals surface area contributed by atoms with Gasteiger partial charge in [-0.2, -0.15) is 5.10 Å². The molecule has 0 saturated carbocycles. The van der Waals surface area contributed by atoms with Gasteiger partial charge in [-0.1, -0.05) is 18.2 Å². The van der Waals surface area contributed by atoms with Crippen LogP contribution in [0.4, 0.5) is 10.5 Å².